The predicted molar refractivity (Wildman–Crippen MR) is 48.7 cm³/mol. The lowest BCUT2D eigenvalue weighted by atomic mass is 10.3. The van der Waals surface area contributed by atoms with E-state index in [-0.39, 0.29) is 0 Å². The van der Waals surface area contributed by atoms with Crippen LogP contribution in [0.4, 0.5) is 0 Å². The minimum Gasteiger partial charge on any atom is -0.356 e. The van der Waals surface area contributed by atoms with E-state index < -0.39 is 0 Å². The molecule has 0 unspecified atom stereocenters. The number of aliphatic imine (C=N–C) groups is 2. The number of fused-ring (bicyclic) bond motifs is 1. The van der Waals surface area contributed by atoms with Gasteiger partial charge in [-0.3, -0.25) is 0 Å². The molecule has 0 fully saturated rings. The summed E-state index contributed by atoms with van der Waals surface area (Å²) >= 11 is 0. The monoisotopic (exact) mass is 162 g/mol. The highest BCUT2D eigenvalue weighted by Crippen LogP contribution is 2.08. The molecule has 2 heterocycles. The summed E-state index contributed by atoms with van der Waals surface area (Å²) in [6.07, 6.45) is 7.09. The lowest BCUT2D eigenvalue weighted by molar-refractivity contribution is 0.647. The molecule has 4 nitrogen and oxygen atoms in total. The average molecular weight is 162 g/mol. The summed E-state index contributed by atoms with van der Waals surface area (Å²) in [7, 11) is 0. The van der Waals surface area contributed by atoms with Crippen LogP contribution in [0.5, 0.6) is 0 Å². The number of nitrogens with zero attached hydrogens (tertiary/aromatic N) is 3. The maximum absolute atomic E-state index is 4.24. The zero-order valence-electron chi connectivity index (χ0n) is 6.86. The molecule has 0 radical (unpaired) electrons. The van der Waals surface area contributed by atoms with Gasteiger partial charge in [-0.15, -0.1) is 0 Å². The van der Waals surface area contributed by atoms with Gasteiger partial charge in [0, 0.05) is 18.9 Å². The van der Waals surface area contributed by atoms with E-state index in [1.807, 2.05) is 4.90 Å². The van der Waals surface area contributed by atoms with Gasteiger partial charge in [-0.1, -0.05) is 0 Å². The summed E-state index contributed by atoms with van der Waals surface area (Å²) in [5.74, 6) is 0.940. The number of nitrogens with one attached hydrogen (secondary N) is 1. The van der Waals surface area contributed by atoms with Crippen LogP contribution in [-0.2, 0) is 0 Å². The molecule has 0 aliphatic carbocycles. The Morgan fingerprint density at radius 1 is 1.58 bits per heavy atom. The van der Waals surface area contributed by atoms with Gasteiger partial charge in [-0.2, -0.15) is 0 Å². The Kier molecular flexibility index (Phi) is 1.66. The lowest BCUT2D eigenvalue weighted by Crippen LogP contribution is -2.37. The zero-order chi connectivity index (χ0) is 8.39. The Morgan fingerprint density at radius 3 is 3.33 bits per heavy atom. The lowest BCUT2D eigenvalue weighted by Gasteiger charge is -2.25. The fraction of sp³-hybridized carbons (Fsp3) is 0.250. The average Bonchev–Trinajstić information content (AvgIpc) is 2.17. The fourth-order valence-corrected chi connectivity index (χ4v) is 1.17. The minimum absolute atomic E-state index is 0.884. The standard InChI is InChI=1S/C8H10N4/c1-2-12-6-9-5-7-8(12)11-4-3-10-7/h3-6,10H,2H2,1H3. The maximum Gasteiger partial charge on any atom is 0.159 e. The third kappa shape index (κ3) is 1.01. The van der Waals surface area contributed by atoms with Crippen molar-refractivity contribution in [3.05, 3.63) is 24.3 Å². The topological polar surface area (TPSA) is 40.0 Å². The zero-order valence-corrected chi connectivity index (χ0v) is 6.86. The van der Waals surface area contributed by atoms with E-state index in [0.717, 1.165) is 18.1 Å². The number of hydrogen-bond donors (Lipinski definition) is 1. The van der Waals surface area contributed by atoms with Crippen LogP contribution in [0.1, 0.15) is 6.92 Å². The van der Waals surface area contributed by atoms with Gasteiger partial charge in [0.05, 0.1) is 12.5 Å². The van der Waals surface area contributed by atoms with Crippen LogP contribution in [0.2, 0.25) is 0 Å². The van der Waals surface area contributed by atoms with Crippen LogP contribution in [-0.4, -0.2) is 23.6 Å². The molecule has 2 rings (SSSR count). The molecule has 1 N–H and O–H groups in total. The molecule has 2 aliphatic heterocycles. The summed E-state index contributed by atoms with van der Waals surface area (Å²) in [6, 6.07) is 0. The second-order valence-corrected chi connectivity index (χ2v) is 2.51. The second kappa shape index (κ2) is 2.81. The molecule has 0 saturated heterocycles. The smallest absolute Gasteiger partial charge is 0.159 e. The predicted octanol–water partition coefficient (Wildman–Crippen LogP) is 0.665. The Morgan fingerprint density at radius 2 is 2.50 bits per heavy atom. The fourth-order valence-electron chi connectivity index (χ4n) is 1.17. The summed E-state index contributed by atoms with van der Waals surface area (Å²) in [5.41, 5.74) is 0.960. The molecule has 12 heavy (non-hydrogen) atoms. The van der Waals surface area contributed by atoms with Gasteiger partial charge < -0.3 is 10.2 Å². The molecule has 2 aliphatic rings. The van der Waals surface area contributed by atoms with Crippen molar-refractivity contribution in [3.63, 3.8) is 0 Å². The molecule has 0 aromatic heterocycles. The largest absolute Gasteiger partial charge is 0.356 e. The van der Waals surface area contributed by atoms with Gasteiger partial charge >= 0.3 is 0 Å². The van der Waals surface area contributed by atoms with Gasteiger partial charge in [-0.25, -0.2) is 9.98 Å². The molecule has 0 saturated carbocycles. The molecule has 0 amide bonds. The van der Waals surface area contributed by atoms with Crippen molar-refractivity contribution in [3.8, 4) is 0 Å². The molecular formula is C8H10N4. The van der Waals surface area contributed by atoms with E-state index in [0.29, 0.717) is 0 Å². The highest BCUT2D eigenvalue weighted by Gasteiger charge is 2.16. The first-order valence-electron chi connectivity index (χ1n) is 3.91. The van der Waals surface area contributed by atoms with Crippen molar-refractivity contribution in [1.82, 2.24) is 10.2 Å². The van der Waals surface area contributed by atoms with Crippen LogP contribution in [0.3, 0.4) is 0 Å². The summed E-state index contributed by atoms with van der Waals surface area (Å²) < 4.78 is 0. The highest BCUT2D eigenvalue weighted by molar-refractivity contribution is 6.06. The number of amidine groups is 1. The van der Waals surface area contributed by atoms with Gasteiger partial charge in [-0.05, 0) is 6.92 Å². The van der Waals surface area contributed by atoms with Gasteiger partial charge in [0.25, 0.3) is 0 Å². The molecule has 0 aromatic carbocycles. The van der Waals surface area contributed by atoms with E-state index in [1.165, 1.54) is 0 Å². The van der Waals surface area contributed by atoms with E-state index >= 15 is 0 Å². The van der Waals surface area contributed by atoms with Crippen molar-refractivity contribution < 1.29 is 0 Å². The molecular weight excluding hydrogens is 152 g/mol. The van der Waals surface area contributed by atoms with Crippen molar-refractivity contribution in [1.29, 1.82) is 0 Å². The van der Waals surface area contributed by atoms with E-state index in [2.05, 4.69) is 22.2 Å². The molecule has 62 valence electrons. The van der Waals surface area contributed by atoms with Crippen LogP contribution >= 0.6 is 0 Å². The Bertz CT molecular complexity index is 298. The Labute approximate surface area is 71.0 Å². The highest BCUT2D eigenvalue weighted by atomic mass is 15.2. The first-order chi connectivity index (χ1) is 5.92. The Hall–Kier alpha value is -1.58. The normalized spacial score (nSPS) is 19.6. The van der Waals surface area contributed by atoms with Gasteiger partial charge in [0.15, 0.2) is 5.84 Å². The van der Waals surface area contributed by atoms with Crippen LogP contribution in [0, 0.1) is 0 Å². The molecule has 0 bridgehead atoms. The van der Waals surface area contributed by atoms with E-state index in [4.69, 9.17) is 0 Å². The minimum atomic E-state index is 0.884. The number of rotatable bonds is 1. The molecule has 0 atom stereocenters. The van der Waals surface area contributed by atoms with Crippen LogP contribution < -0.4 is 5.32 Å². The van der Waals surface area contributed by atoms with Gasteiger partial charge in [0.1, 0.15) is 5.70 Å². The Balaban J connectivity index is 2.34. The molecule has 0 aromatic rings. The first-order valence-corrected chi connectivity index (χ1v) is 3.91. The second-order valence-electron chi connectivity index (χ2n) is 2.51. The van der Waals surface area contributed by atoms with Crippen molar-refractivity contribution in [2.45, 2.75) is 6.92 Å². The SMILES string of the molecule is CCN1C=NC=C2NC=CN=C21. The van der Waals surface area contributed by atoms with E-state index in [1.54, 1.807) is 24.9 Å². The maximum atomic E-state index is 4.24. The van der Waals surface area contributed by atoms with Crippen LogP contribution in [0.25, 0.3) is 0 Å². The van der Waals surface area contributed by atoms with Crippen LogP contribution in [0.15, 0.2) is 34.3 Å². The van der Waals surface area contributed by atoms with Gasteiger partial charge in [0.2, 0.25) is 0 Å². The van der Waals surface area contributed by atoms with Crippen molar-refractivity contribution >= 4 is 12.2 Å². The molecule has 0 spiro atoms. The summed E-state index contributed by atoms with van der Waals surface area (Å²) in [4.78, 5) is 10.3. The molecule has 4 heteroatoms. The summed E-state index contributed by atoms with van der Waals surface area (Å²) in [5, 5.41) is 3.08. The quantitative estimate of drug-likeness (QED) is 0.615. The first kappa shape index (κ1) is 7.09. The number of likely N-dealkylation sites (N-methyl/N-ethyl adjacent to an activating group) is 1. The van der Waals surface area contributed by atoms with Crippen molar-refractivity contribution in [2.24, 2.45) is 9.98 Å². The third-order valence-electron chi connectivity index (χ3n) is 1.77. The van der Waals surface area contributed by atoms with Crippen molar-refractivity contribution in [2.75, 3.05) is 6.54 Å². The number of hydrogen-bond acceptors (Lipinski definition) is 4. The third-order valence-corrected chi connectivity index (χ3v) is 1.77. The summed E-state index contributed by atoms with van der Waals surface area (Å²) in [6.45, 7) is 2.95. The van der Waals surface area contributed by atoms with E-state index in [9.17, 15) is 0 Å².